The van der Waals surface area contributed by atoms with E-state index in [1.807, 2.05) is 18.2 Å². The second-order valence-corrected chi connectivity index (χ2v) is 9.37. The third kappa shape index (κ3) is 5.10. The maximum Gasteiger partial charge on any atom is 0.271 e. The molecular weight excluding hydrogens is 438 g/mol. The van der Waals surface area contributed by atoms with Crippen molar-refractivity contribution in [2.45, 2.75) is 25.3 Å². The molecule has 10 nitrogen and oxygen atoms in total. The average Bonchev–Trinajstić information content (AvgIpc) is 2.76. The Morgan fingerprint density at radius 2 is 1.97 bits per heavy atom. The van der Waals surface area contributed by atoms with Crippen LogP contribution in [0.3, 0.4) is 0 Å². The molecule has 1 atom stereocenters. The Hall–Kier alpha value is -3.34. The Morgan fingerprint density at radius 3 is 2.59 bits per heavy atom. The van der Waals surface area contributed by atoms with Crippen LogP contribution in [0.25, 0.3) is 0 Å². The fourth-order valence-electron chi connectivity index (χ4n) is 3.81. The smallest absolute Gasteiger partial charge is 0.271 e. The van der Waals surface area contributed by atoms with Crippen molar-refractivity contribution in [2.75, 3.05) is 31.3 Å². The van der Waals surface area contributed by atoms with Gasteiger partial charge in [0.2, 0.25) is 15.9 Å². The summed E-state index contributed by atoms with van der Waals surface area (Å²) >= 11 is 0. The van der Waals surface area contributed by atoms with Crippen LogP contribution in [0.4, 0.5) is 11.4 Å². The summed E-state index contributed by atoms with van der Waals surface area (Å²) < 4.78 is 36.2. The molecule has 2 aromatic carbocycles. The molecule has 1 aliphatic carbocycles. The normalized spacial score (nSPS) is 15.4. The van der Waals surface area contributed by atoms with E-state index in [2.05, 4.69) is 5.32 Å². The quantitative estimate of drug-likeness (QED) is 0.471. The predicted molar refractivity (Wildman–Crippen MR) is 119 cm³/mol. The molecule has 172 valence electrons. The second kappa shape index (κ2) is 9.43. The van der Waals surface area contributed by atoms with E-state index in [1.54, 1.807) is 7.11 Å². The van der Waals surface area contributed by atoms with Crippen LogP contribution >= 0.6 is 0 Å². The summed E-state index contributed by atoms with van der Waals surface area (Å²) in [6.45, 7) is -0.543. The van der Waals surface area contributed by atoms with Gasteiger partial charge in [0.25, 0.3) is 5.69 Å². The number of nitro benzene ring substituents is 1. The Labute approximate surface area is 186 Å². The van der Waals surface area contributed by atoms with Crippen molar-refractivity contribution < 1.29 is 27.6 Å². The number of nitrogens with zero attached hydrogens (tertiary/aromatic N) is 2. The van der Waals surface area contributed by atoms with E-state index in [0.717, 1.165) is 46.3 Å². The summed E-state index contributed by atoms with van der Waals surface area (Å²) in [5.41, 5.74) is 1.64. The molecule has 0 bridgehead atoms. The van der Waals surface area contributed by atoms with E-state index in [9.17, 15) is 23.3 Å². The third-order valence-corrected chi connectivity index (χ3v) is 6.46. The standard InChI is InChI=1S/C21H25N3O7S/c1-30-16-8-9-17-14(11-16)5-4-6-18(17)22-21(25)13-23(32(3,28)29)19-12-15(24(26)27)7-10-20(19)31-2/h7-12,18H,4-6,13H2,1-3H3,(H,22,25). The van der Waals surface area contributed by atoms with Crippen molar-refractivity contribution in [3.05, 3.63) is 57.6 Å². The number of aryl methyl sites for hydroxylation is 1. The van der Waals surface area contributed by atoms with E-state index in [0.29, 0.717) is 6.42 Å². The number of sulfonamides is 1. The minimum atomic E-state index is -3.95. The molecule has 1 aliphatic rings. The Morgan fingerprint density at radius 1 is 1.22 bits per heavy atom. The molecule has 11 heteroatoms. The molecule has 0 spiro atoms. The van der Waals surface area contributed by atoms with Crippen molar-refractivity contribution >= 4 is 27.3 Å². The average molecular weight is 464 g/mol. The number of anilines is 1. The Balaban J connectivity index is 1.87. The molecule has 0 radical (unpaired) electrons. The SMILES string of the molecule is COc1ccc2c(c1)CCCC2NC(=O)CN(c1cc([N+](=O)[O-])ccc1OC)S(C)(=O)=O. The van der Waals surface area contributed by atoms with E-state index in [4.69, 9.17) is 9.47 Å². The van der Waals surface area contributed by atoms with Crippen LogP contribution in [-0.4, -0.2) is 46.3 Å². The summed E-state index contributed by atoms with van der Waals surface area (Å²) in [4.78, 5) is 23.4. The first-order chi connectivity index (χ1) is 15.1. The van der Waals surface area contributed by atoms with Gasteiger partial charge < -0.3 is 14.8 Å². The number of carbonyl (C=O) groups excluding carboxylic acids is 1. The molecule has 0 saturated heterocycles. The second-order valence-electron chi connectivity index (χ2n) is 7.46. The molecule has 3 rings (SSSR count). The van der Waals surface area contributed by atoms with Crippen molar-refractivity contribution in [3.63, 3.8) is 0 Å². The van der Waals surface area contributed by atoms with Gasteiger partial charge in [0, 0.05) is 12.1 Å². The lowest BCUT2D eigenvalue weighted by molar-refractivity contribution is -0.384. The lowest BCUT2D eigenvalue weighted by Crippen LogP contribution is -2.42. The van der Waals surface area contributed by atoms with Gasteiger partial charge in [-0.15, -0.1) is 0 Å². The van der Waals surface area contributed by atoms with Gasteiger partial charge in [0.1, 0.15) is 23.7 Å². The zero-order chi connectivity index (χ0) is 23.5. The van der Waals surface area contributed by atoms with E-state index >= 15 is 0 Å². The van der Waals surface area contributed by atoms with Crippen LogP contribution in [0.5, 0.6) is 11.5 Å². The molecule has 32 heavy (non-hydrogen) atoms. The maximum absolute atomic E-state index is 12.9. The highest BCUT2D eigenvalue weighted by atomic mass is 32.2. The van der Waals surface area contributed by atoms with Crippen molar-refractivity contribution in [1.82, 2.24) is 5.32 Å². The highest BCUT2D eigenvalue weighted by Gasteiger charge is 2.28. The first-order valence-electron chi connectivity index (χ1n) is 9.90. The molecule has 0 fully saturated rings. The summed E-state index contributed by atoms with van der Waals surface area (Å²) in [6, 6.07) is 8.96. The number of benzene rings is 2. The first-order valence-corrected chi connectivity index (χ1v) is 11.7. The van der Waals surface area contributed by atoms with Crippen LogP contribution in [0.2, 0.25) is 0 Å². The van der Waals surface area contributed by atoms with E-state index in [1.165, 1.54) is 19.2 Å². The minimum absolute atomic E-state index is 0.0758. The van der Waals surface area contributed by atoms with Gasteiger partial charge in [-0.25, -0.2) is 8.42 Å². The van der Waals surface area contributed by atoms with Crippen LogP contribution < -0.4 is 19.1 Å². The number of carbonyl (C=O) groups is 1. The molecule has 2 aromatic rings. The zero-order valence-corrected chi connectivity index (χ0v) is 18.8. The number of nitro groups is 1. The lowest BCUT2D eigenvalue weighted by Gasteiger charge is -2.28. The number of hydrogen-bond acceptors (Lipinski definition) is 7. The van der Waals surface area contributed by atoms with Crippen molar-refractivity contribution in [1.29, 1.82) is 0 Å². The van der Waals surface area contributed by atoms with Crippen LogP contribution in [0.1, 0.15) is 30.0 Å². The van der Waals surface area contributed by atoms with Gasteiger partial charge in [-0.3, -0.25) is 19.2 Å². The summed E-state index contributed by atoms with van der Waals surface area (Å²) in [5, 5.41) is 14.1. The van der Waals surface area contributed by atoms with Gasteiger partial charge >= 0.3 is 0 Å². The highest BCUT2D eigenvalue weighted by molar-refractivity contribution is 7.92. The van der Waals surface area contributed by atoms with Gasteiger partial charge in [-0.2, -0.15) is 0 Å². The zero-order valence-electron chi connectivity index (χ0n) is 18.0. The number of rotatable bonds is 8. The monoisotopic (exact) mass is 463 g/mol. The topological polar surface area (TPSA) is 128 Å². The molecule has 0 aromatic heterocycles. The molecule has 0 aliphatic heterocycles. The van der Waals surface area contributed by atoms with Crippen LogP contribution in [-0.2, 0) is 21.2 Å². The molecule has 0 saturated carbocycles. The van der Waals surface area contributed by atoms with Gasteiger partial charge in [-0.1, -0.05) is 6.07 Å². The van der Waals surface area contributed by atoms with Crippen LogP contribution in [0.15, 0.2) is 36.4 Å². The van der Waals surface area contributed by atoms with Crippen LogP contribution in [0, 0.1) is 10.1 Å². The molecule has 1 unspecified atom stereocenters. The molecule has 1 N–H and O–H groups in total. The van der Waals surface area contributed by atoms with E-state index in [-0.39, 0.29) is 23.2 Å². The number of non-ortho nitro benzene ring substituents is 1. The fourth-order valence-corrected chi connectivity index (χ4v) is 4.66. The largest absolute Gasteiger partial charge is 0.497 e. The van der Waals surface area contributed by atoms with Crippen molar-refractivity contribution in [2.24, 2.45) is 0 Å². The highest BCUT2D eigenvalue weighted by Crippen LogP contribution is 2.34. The molecule has 1 amide bonds. The van der Waals surface area contributed by atoms with Crippen molar-refractivity contribution in [3.8, 4) is 11.5 Å². The van der Waals surface area contributed by atoms with E-state index < -0.39 is 27.4 Å². The molecule has 0 heterocycles. The van der Waals surface area contributed by atoms with Gasteiger partial charge in [0.15, 0.2) is 0 Å². The maximum atomic E-state index is 12.9. The number of methoxy groups -OCH3 is 2. The summed E-state index contributed by atoms with van der Waals surface area (Å²) in [6.07, 6.45) is 3.36. The Bertz CT molecular complexity index is 1130. The molecular formula is C21H25N3O7S. The number of hydrogen-bond donors (Lipinski definition) is 1. The van der Waals surface area contributed by atoms with Gasteiger partial charge in [-0.05, 0) is 48.6 Å². The number of nitrogens with one attached hydrogen (secondary N) is 1. The Kier molecular flexibility index (Phi) is 6.87. The first kappa shape index (κ1) is 23.3. The summed E-state index contributed by atoms with van der Waals surface area (Å²) in [5.74, 6) is 0.304. The minimum Gasteiger partial charge on any atom is -0.497 e. The predicted octanol–water partition coefficient (Wildman–Crippen LogP) is 2.57. The third-order valence-electron chi connectivity index (χ3n) is 5.33. The number of fused-ring (bicyclic) bond motifs is 1. The number of amides is 1. The lowest BCUT2D eigenvalue weighted by atomic mass is 9.87. The summed E-state index contributed by atoms with van der Waals surface area (Å²) in [7, 11) is -1.04. The van der Waals surface area contributed by atoms with Gasteiger partial charge in [0.05, 0.1) is 31.4 Å². The fraction of sp³-hybridized carbons (Fsp3) is 0.381. The number of ether oxygens (including phenoxy) is 2.